The molecule has 0 saturated carbocycles. The van der Waals surface area contributed by atoms with Gasteiger partial charge in [0.1, 0.15) is 15.9 Å². The third-order valence-electron chi connectivity index (χ3n) is 4.77. The Balaban J connectivity index is 1.70. The van der Waals surface area contributed by atoms with Crippen molar-refractivity contribution >= 4 is 34.4 Å². The number of aliphatic carboxylic acids is 1. The van der Waals surface area contributed by atoms with Crippen molar-refractivity contribution in [3.63, 3.8) is 0 Å². The molecule has 6 nitrogen and oxygen atoms in total. The molecule has 2 fully saturated rings. The van der Waals surface area contributed by atoms with Gasteiger partial charge in [0.2, 0.25) is 0 Å². The summed E-state index contributed by atoms with van der Waals surface area (Å²) in [6.07, 6.45) is 1.02. The normalized spacial score (nSPS) is 33.0. The smallest absolute Gasteiger partial charge is 0.323 e. The number of halogens is 1. The molecule has 0 aliphatic carbocycles. The van der Waals surface area contributed by atoms with Crippen molar-refractivity contribution < 1.29 is 14.6 Å². The van der Waals surface area contributed by atoms with Crippen molar-refractivity contribution in [2.75, 3.05) is 32.8 Å². The van der Waals surface area contributed by atoms with Crippen LogP contribution in [0.25, 0.3) is 0 Å². The number of fused-ring (bicyclic) bond motifs is 1. The van der Waals surface area contributed by atoms with Gasteiger partial charge in [-0.2, -0.15) is 0 Å². The van der Waals surface area contributed by atoms with Gasteiger partial charge in [0.05, 0.1) is 13.2 Å². The van der Waals surface area contributed by atoms with Gasteiger partial charge in [0.25, 0.3) is 0 Å². The largest absolute Gasteiger partial charge is 0.480 e. The van der Waals surface area contributed by atoms with E-state index in [1.807, 2.05) is 0 Å². The van der Waals surface area contributed by atoms with E-state index in [0.717, 1.165) is 25.3 Å². The lowest BCUT2D eigenvalue weighted by molar-refractivity contribution is -0.150. The van der Waals surface area contributed by atoms with Crippen LogP contribution in [-0.4, -0.2) is 69.6 Å². The zero-order valence-corrected chi connectivity index (χ0v) is 15.1. The third-order valence-corrected chi connectivity index (χ3v) is 5.98. The quantitative estimate of drug-likeness (QED) is 0.428. The summed E-state index contributed by atoms with van der Waals surface area (Å²) in [6, 6.07) is -0.506. The standard InChI is InChI=1S/C15H22IN3O3/c1-9-12-5-11(7-19(12)10(2)17-14(9)16)6-18-3-4-22-8-13(18)15(20)21/h11,13-14H,3-8H2,1-2H3,(H,20,21). The predicted octanol–water partition coefficient (Wildman–Crippen LogP) is 1.56. The van der Waals surface area contributed by atoms with E-state index in [-0.39, 0.29) is 4.05 Å². The molecule has 0 aromatic heterocycles. The lowest BCUT2D eigenvalue weighted by Crippen LogP contribution is -2.51. The van der Waals surface area contributed by atoms with Crippen molar-refractivity contribution in [2.24, 2.45) is 10.9 Å². The van der Waals surface area contributed by atoms with Gasteiger partial charge in [0.15, 0.2) is 0 Å². The van der Waals surface area contributed by atoms with Crippen LogP contribution in [0, 0.1) is 5.92 Å². The molecule has 3 aliphatic rings. The van der Waals surface area contributed by atoms with E-state index >= 15 is 0 Å². The van der Waals surface area contributed by atoms with Crippen LogP contribution in [-0.2, 0) is 9.53 Å². The Bertz CT molecular complexity index is 534. The highest BCUT2D eigenvalue weighted by molar-refractivity contribution is 14.1. The van der Waals surface area contributed by atoms with Gasteiger partial charge in [0, 0.05) is 25.3 Å². The van der Waals surface area contributed by atoms with Crippen molar-refractivity contribution in [1.82, 2.24) is 9.80 Å². The van der Waals surface area contributed by atoms with E-state index in [0.29, 0.717) is 25.7 Å². The molecule has 22 heavy (non-hydrogen) atoms. The minimum atomic E-state index is -0.782. The van der Waals surface area contributed by atoms with Gasteiger partial charge >= 0.3 is 5.97 Å². The Hall–Kier alpha value is -0.670. The number of aliphatic imine (C=N–C) groups is 1. The lowest BCUT2D eigenvalue weighted by atomic mass is 10.0. The van der Waals surface area contributed by atoms with Crippen molar-refractivity contribution in [1.29, 1.82) is 0 Å². The minimum absolute atomic E-state index is 0.234. The van der Waals surface area contributed by atoms with Crippen LogP contribution in [0.3, 0.4) is 0 Å². The Labute approximate surface area is 144 Å². The first-order valence-corrected chi connectivity index (χ1v) is 8.92. The van der Waals surface area contributed by atoms with Crippen LogP contribution in [0.4, 0.5) is 0 Å². The summed E-state index contributed by atoms with van der Waals surface area (Å²) in [5.41, 5.74) is 2.72. The molecule has 3 aliphatic heterocycles. The molecule has 122 valence electrons. The summed E-state index contributed by atoms with van der Waals surface area (Å²) in [5, 5.41) is 9.35. The predicted molar refractivity (Wildman–Crippen MR) is 92.2 cm³/mol. The fourth-order valence-electron chi connectivity index (χ4n) is 3.52. The molecule has 3 atom stereocenters. The molecular formula is C15H22IN3O3. The summed E-state index contributed by atoms with van der Waals surface area (Å²) in [6.45, 7) is 7.60. The van der Waals surface area contributed by atoms with Gasteiger partial charge in [-0.1, -0.05) is 22.6 Å². The molecule has 0 amide bonds. The zero-order chi connectivity index (χ0) is 15.9. The Morgan fingerprint density at radius 2 is 2.27 bits per heavy atom. The van der Waals surface area contributed by atoms with Gasteiger partial charge < -0.3 is 14.7 Å². The molecule has 0 aromatic rings. The second kappa shape index (κ2) is 6.45. The number of rotatable bonds is 3. The van der Waals surface area contributed by atoms with Crippen LogP contribution in [0.1, 0.15) is 20.3 Å². The maximum Gasteiger partial charge on any atom is 0.323 e. The summed E-state index contributed by atoms with van der Waals surface area (Å²) in [7, 11) is 0. The number of carbonyl (C=O) groups is 1. The summed E-state index contributed by atoms with van der Waals surface area (Å²) < 4.78 is 5.55. The molecule has 0 radical (unpaired) electrons. The lowest BCUT2D eigenvalue weighted by Gasteiger charge is -2.34. The maximum atomic E-state index is 11.4. The van der Waals surface area contributed by atoms with Gasteiger partial charge in [-0.3, -0.25) is 14.7 Å². The topological polar surface area (TPSA) is 65.4 Å². The average molecular weight is 419 g/mol. The molecule has 7 heteroatoms. The van der Waals surface area contributed by atoms with E-state index < -0.39 is 12.0 Å². The van der Waals surface area contributed by atoms with Gasteiger partial charge in [-0.15, -0.1) is 0 Å². The third kappa shape index (κ3) is 3.03. The first-order valence-electron chi connectivity index (χ1n) is 7.67. The van der Waals surface area contributed by atoms with E-state index in [2.05, 4.69) is 51.2 Å². The number of alkyl halides is 1. The number of amidine groups is 1. The number of nitrogens with zero attached hydrogens (tertiary/aromatic N) is 3. The van der Waals surface area contributed by atoms with Crippen molar-refractivity contribution in [3.8, 4) is 0 Å². The zero-order valence-electron chi connectivity index (χ0n) is 13.0. The Morgan fingerprint density at radius 1 is 1.50 bits per heavy atom. The number of hydrogen-bond donors (Lipinski definition) is 1. The van der Waals surface area contributed by atoms with Crippen LogP contribution in [0.5, 0.6) is 0 Å². The van der Waals surface area contributed by atoms with E-state index in [1.165, 1.54) is 11.3 Å². The van der Waals surface area contributed by atoms with Gasteiger partial charge in [-0.25, -0.2) is 0 Å². The minimum Gasteiger partial charge on any atom is -0.480 e. The van der Waals surface area contributed by atoms with E-state index in [9.17, 15) is 9.90 Å². The summed E-state index contributed by atoms with van der Waals surface area (Å²) in [5.74, 6) is 0.756. The second-order valence-corrected chi connectivity index (χ2v) is 7.43. The summed E-state index contributed by atoms with van der Waals surface area (Å²) in [4.78, 5) is 20.4. The van der Waals surface area contributed by atoms with Gasteiger partial charge in [-0.05, 0) is 31.8 Å². The molecule has 0 bridgehead atoms. The van der Waals surface area contributed by atoms with Crippen LogP contribution < -0.4 is 0 Å². The first-order chi connectivity index (χ1) is 10.5. The summed E-state index contributed by atoms with van der Waals surface area (Å²) >= 11 is 2.37. The Kier molecular flexibility index (Phi) is 4.75. The molecule has 3 heterocycles. The number of morpholine rings is 1. The highest BCUT2D eigenvalue weighted by Gasteiger charge is 2.37. The molecule has 1 N–H and O–H groups in total. The molecule has 0 spiro atoms. The second-order valence-electron chi connectivity index (χ2n) is 6.25. The Morgan fingerprint density at radius 3 is 3.00 bits per heavy atom. The number of carboxylic acid groups (broad SMARTS) is 1. The van der Waals surface area contributed by atoms with Crippen molar-refractivity contribution in [2.45, 2.75) is 30.4 Å². The van der Waals surface area contributed by atoms with Crippen molar-refractivity contribution in [3.05, 3.63) is 11.3 Å². The molecule has 2 saturated heterocycles. The fraction of sp³-hybridized carbons (Fsp3) is 0.733. The van der Waals surface area contributed by atoms with E-state index in [4.69, 9.17) is 4.74 Å². The highest BCUT2D eigenvalue weighted by atomic mass is 127. The molecule has 0 aromatic carbocycles. The van der Waals surface area contributed by atoms with E-state index in [1.54, 1.807) is 0 Å². The molecule has 3 rings (SSSR count). The number of allylic oxidation sites excluding steroid dienone is 1. The monoisotopic (exact) mass is 419 g/mol. The average Bonchev–Trinajstić information content (AvgIpc) is 2.90. The highest BCUT2D eigenvalue weighted by Crippen LogP contribution is 2.36. The van der Waals surface area contributed by atoms with Crippen LogP contribution >= 0.6 is 22.6 Å². The SMILES string of the molecule is CC1=NC(I)C(C)=C2CC(CN3CCOCC3C(=O)O)CN12. The fourth-order valence-corrected chi connectivity index (χ4v) is 4.29. The first kappa shape index (κ1) is 16.2. The number of ether oxygens (including phenoxy) is 1. The number of hydrogen-bond acceptors (Lipinski definition) is 5. The van der Waals surface area contributed by atoms with Crippen LogP contribution in [0.2, 0.25) is 0 Å². The molecule has 3 unspecified atom stereocenters. The van der Waals surface area contributed by atoms with Crippen LogP contribution in [0.15, 0.2) is 16.3 Å². The maximum absolute atomic E-state index is 11.4. The molecular weight excluding hydrogens is 397 g/mol. The number of carboxylic acids is 1.